The zero-order valence-corrected chi connectivity index (χ0v) is 23.7. The van der Waals surface area contributed by atoms with Crippen LogP contribution >= 0.6 is 0 Å². The van der Waals surface area contributed by atoms with Gasteiger partial charge in [0.15, 0.2) is 0 Å². The van der Waals surface area contributed by atoms with Gasteiger partial charge in [0.05, 0.1) is 0 Å². The average Bonchev–Trinajstić information content (AvgIpc) is 3.03. The minimum Gasteiger partial charge on any atom is -0.0610 e. The Morgan fingerprint density at radius 1 is 0.286 bits per heavy atom. The predicted molar refractivity (Wildman–Crippen MR) is 185 cm³/mol. The summed E-state index contributed by atoms with van der Waals surface area (Å²) < 4.78 is 0. The summed E-state index contributed by atoms with van der Waals surface area (Å²) in [6, 6.07) is 49.0. The fraction of sp³-hybridized carbons (Fsp3) is 0.0476. The van der Waals surface area contributed by atoms with E-state index in [0.717, 1.165) is 0 Å². The predicted octanol–water partition coefficient (Wildman–Crippen LogP) is 12.1. The molecule has 0 amide bonds. The monoisotopic (exact) mass is 532 g/mol. The molecule has 0 saturated carbocycles. The molecule has 42 heavy (non-hydrogen) atoms. The van der Waals surface area contributed by atoms with Crippen LogP contribution in [0.15, 0.2) is 133 Å². The van der Waals surface area contributed by atoms with Crippen LogP contribution in [0.1, 0.15) is 11.1 Å². The molecule has 0 fully saturated rings. The van der Waals surface area contributed by atoms with Crippen LogP contribution in [-0.4, -0.2) is 0 Å². The van der Waals surface area contributed by atoms with Crippen LogP contribution in [0.2, 0.25) is 0 Å². The Kier molecular flexibility index (Phi) is 4.84. The minimum absolute atomic E-state index is 1.33. The summed E-state index contributed by atoms with van der Waals surface area (Å²) in [6.07, 6.45) is 0. The first-order chi connectivity index (χ1) is 20.7. The Labute approximate surface area is 244 Å². The molecule has 0 radical (unpaired) electrons. The highest BCUT2D eigenvalue weighted by Gasteiger charge is 2.14. The summed E-state index contributed by atoms with van der Waals surface area (Å²) >= 11 is 0. The van der Waals surface area contributed by atoms with Crippen LogP contribution in [0.4, 0.5) is 0 Å². The first-order valence-corrected chi connectivity index (χ1v) is 14.8. The molecule has 0 spiro atoms. The maximum Gasteiger partial charge on any atom is -0.00237 e. The van der Waals surface area contributed by atoms with E-state index in [1.807, 2.05) is 0 Å². The minimum atomic E-state index is 1.33. The molecule has 0 atom stereocenters. The topological polar surface area (TPSA) is 0 Å². The summed E-state index contributed by atoms with van der Waals surface area (Å²) in [4.78, 5) is 0. The molecule has 10 aromatic rings. The molecule has 0 aliphatic rings. The summed E-state index contributed by atoms with van der Waals surface area (Å²) in [5, 5.41) is 21.9. The SMILES string of the molecule is Cc1cc2cccc3c4cccc5cccc(c(c1)c23)c54.Cc1ccc2c3cccc4cccc(c5cccc1c52)c43. The molecule has 0 N–H and O–H groups in total. The van der Waals surface area contributed by atoms with Crippen molar-refractivity contribution in [3.8, 4) is 0 Å². The third kappa shape index (κ3) is 3.18. The van der Waals surface area contributed by atoms with Gasteiger partial charge in [0.25, 0.3) is 0 Å². The Morgan fingerprint density at radius 3 is 1.21 bits per heavy atom. The standard InChI is InChI=1S/2C21H14/c1-13-11-15-7-4-9-17-16-8-2-5-14-6-3-10-18(20(14)16)19(12-13)21(15)17;1-13-11-12-19-17-9-3-6-14-5-2-8-16(20(14)17)18-10-4-7-15(13)21(18)19/h2*2-12H,1H3. The van der Waals surface area contributed by atoms with E-state index >= 15 is 0 Å². The van der Waals surface area contributed by atoms with Gasteiger partial charge < -0.3 is 0 Å². The van der Waals surface area contributed by atoms with Crippen LogP contribution in [0.3, 0.4) is 0 Å². The van der Waals surface area contributed by atoms with Crippen LogP contribution in [-0.2, 0) is 0 Å². The lowest BCUT2D eigenvalue weighted by molar-refractivity contribution is 1.53. The number of benzene rings is 10. The molecule has 0 heterocycles. The molecule has 0 heteroatoms. The first kappa shape index (κ1) is 23.5. The highest BCUT2D eigenvalue weighted by molar-refractivity contribution is 6.34. The van der Waals surface area contributed by atoms with Crippen molar-refractivity contribution in [2.45, 2.75) is 13.8 Å². The van der Waals surface area contributed by atoms with E-state index in [2.05, 4.69) is 147 Å². The van der Waals surface area contributed by atoms with Gasteiger partial charge in [0.2, 0.25) is 0 Å². The van der Waals surface area contributed by atoms with Crippen molar-refractivity contribution >= 4 is 86.2 Å². The van der Waals surface area contributed by atoms with Gasteiger partial charge in [0.1, 0.15) is 0 Å². The van der Waals surface area contributed by atoms with Crippen molar-refractivity contribution in [3.05, 3.63) is 145 Å². The second-order valence-corrected chi connectivity index (χ2v) is 11.8. The van der Waals surface area contributed by atoms with Crippen molar-refractivity contribution in [1.82, 2.24) is 0 Å². The Morgan fingerprint density at radius 2 is 0.667 bits per heavy atom. The third-order valence-electron chi connectivity index (χ3n) is 9.35. The van der Waals surface area contributed by atoms with Crippen LogP contribution < -0.4 is 0 Å². The first-order valence-electron chi connectivity index (χ1n) is 14.8. The van der Waals surface area contributed by atoms with E-state index < -0.39 is 0 Å². The molecule has 0 aliphatic heterocycles. The molecule has 0 nitrogen and oxygen atoms in total. The molecule has 10 rings (SSSR count). The molecule has 0 aliphatic carbocycles. The zero-order valence-electron chi connectivity index (χ0n) is 23.7. The maximum atomic E-state index is 2.33. The van der Waals surface area contributed by atoms with Gasteiger partial charge in [0, 0.05) is 0 Å². The van der Waals surface area contributed by atoms with Crippen molar-refractivity contribution < 1.29 is 0 Å². The fourth-order valence-electron chi connectivity index (χ4n) is 7.60. The van der Waals surface area contributed by atoms with E-state index in [1.165, 1.54) is 97.3 Å². The molecule has 0 unspecified atom stereocenters. The summed E-state index contributed by atoms with van der Waals surface area (Å²) in [5.74, 6) is 0. The van der Waals surface area contributed by atoms with Gasteiger partial charge >= 0.3 is 0 Å². The largest absolute Gasteiger partial charge is 0.0610 e. The summed E-state index contributed by atoms with van der Waals surface area (Å²) in [7, 11) is 0. The second kappa shape index (κ2) is 8.65. The Hall–Kier alpha value is -5.20. The van der Waals surface area contributed by atoms with Gasteiger partial charge in [-0.1, -0.05) is 133 Å². The number of fused-ring (bicyclic) bond motifs is 4. The molecule has 10 aromatic carbocycles. The van der Waals surface area contributed by atoms with Crippen molar-refractivity contribution in [2.75, 3.05) is 0 Å². The van der Waals surface area contributed by atoms with Gasteiger partial charge in [-0.25, -0.2) is 0 Å². The van der Waals surface area contributed by atoms with Crippen molar-refractivity contribution in [3.63, 3.8) is 0 Å². The smallest absolute Gasteiger partial charge is 0.00237 e. The Balaban J connectivity index is 0.000000119. The van der Waals surface area contributed by atoms with E-state index in [4.69, 9.17) is 0 Å². The van der Waals surface area contributed by atoms with Crippen LogP contribution in [0.5, 0.6) is 0 Å². The number of hydrogen-bond donors (Lipinski definition) is 0. The lowest BCUT2D eigenvalue weighted by Gasteiger charge is -2.15. The second-order valence-electron chi connectivity index (χ2n) is 11.8. The molecule has 0 saturated heterocycles. The molecular formula is C42H28. The summed E-state index contributed by atoms with van der Waals surface area (Å²) in [6.45, 7) is 4.38. The maximum absolute atomic E-state index is 2.33. The number of aryl methyl sites for hydroxylation is 2. The van der Waals surface area contributed by atoms with Gasteiger partial charge in [-0.15, -0.1) is 0 Å². The molecule has 196 valence electrons. The van der Waals surface area contributed by atoms with Crippen LogP contribution in [0.25, 0.3) is 86.2 Å². The Bertz CT molecular complexity index is 2580. The van der Waals surface area contributed by atoms with E-state index in [-0.39, 0.29) is 0 Å². The highest BCUT2D eigenvalue weighted by Crippen LogP contribution is 2.42. The van der Waals surface area contributed by atoms with Crippen LogP contribution in [0, 0.1) is 13.8 Å². The molecular weight excluding hydrogens is 504 g/mol. The third-order valence-corrected chi connectivity index (χ3v) is 9.35. The number of hydrogen-bond acceptors (Lipinski definition) is 0. The average molecular weight is 533 g/mol. The lowest BCUT2D eigenvalue weighted by Crippen LogP contribution is -1.87. The zero-order chi connectivity index (χ0) is 27.9. The van der Waals surface area contributed by atoms with Gasteiger partial charge in [-0.2, -0.15) is 0 Å². The molecule has 0 aromatic heterocycles. The fourth-order valence-corrected chi connectivity index (χ4v) is 7.60. The van der Waals surface area contributed by atoms with E-state index in [1.54, 1.807) is 0 Å². The number of rotatable bonds is 0. The quantitative estimate of drug-likeness (QED) is 0.135. The van der Waals surface area contributed by atoms with Gasteiger partial charge in [-0.3, -0.25) is 0 Å². The molecule has 0 bridgehead atoms. The highest BCUT2D eigenvalue weighted by atomic mass is 14.2. The van der Waals surface area contributed by atoms with E-state index in [0.29, 0.717) is 0 Å². The van der Waals surface area contributed by atoms with Gasteiger partial charge in [-0.05, 0) is 111 Å². The summed E-state index contributed by atoms with van der Waals surface area (Å²) in [5.41, 5.74) is 2.67. The van der Waals surface area contributed by atoms with Crippen molar-refractivity contribution in [2.24, 2.45) is 0 Å². The lowest BCUT2D eigenvalue weighted by atomic mass is 9.89. The van der Waals surface area contributed by atoms with E-state index in [9.17, 15) is 0 Å². The normalized spacial score (nSPS) is 12.0. The van der Waals surface area contributed by atoms with Crippen molar-refractivity contribution in [1.29, 1.82) is 0 Å².